The predicted molar refractivity (Wildman–Crippen MR) is 150 cm³/mol. The maximum Gasteiger partial charge on any atom is 0.0792 e. The molecule has 0 radical (unpaired) electrons. The highest BCUT2D eigenvalue weighted by molar-refractivity contribution is 6.22. The molecule has 1 saturated heterocycles. The van der Waals surface area contributed by atoms with Gasteiger partial charge in [-0.05, 0) is 48.3 Å². The van der Waals surface area contributed by atoms with Gasteiger partial charge in [-0.25, -0.2) is 0 Å². The molecule has 7 N–H and O–H groups in total. The summed E-state index contributed by atoms with van der Waals surface area (Å²) in [5.41, 5.74) is 1.77. The highest BCUT2D eigenvalue weighted by Crippen LogP contribution is 2.41. The molecular weight excluding hydrogens is 464 g/mol. The van der Waals surface area contributed by atoms with E-state index in [0.29, 0.717) is 29.8 Å². The molecule has 0 bridgehead atoms. The maximum atomic E-state index is 6.25. The van der Waals surface area contributed by atoms with Crippen molar-refractivity contribution in [2.45, 2.75) is 65.4 Å². The van der Waals surface area contributed by atoms with Crippen LogP contribution in [0, 0.1) is 23.2 Å². The molecule has 35 heavy (non-hydrogen) atoms. The van der Waals surface area contributed by atoms with Gasteiger partial charge in [0.15, 0.2) is 0 Å². The molecule has 0 aromatic heterocycles. The number of alkyl halides is 1. The Bertz CT molecular complexity index is 793. The zero-order valence-corrected chi connectivity index (χ0v) is 21.8. The fourth-order valence-electron chi connectivity index (χ4n) is 5.57. The Hall–Kier alpha value is -1.48. The van der Waals surface area contributed by atoms with Gasteiger partial charge in [0.1, 0.15) is 0 Å². The Kier molecular flexibility index (Phi) is 13.7. The number of halogens is 1. The summed E-state index contributed by atoms with van der Waals surface area (Å²) < 4.78 is 0. The summed E-state index contributed by atoms with van der Waals surface area (Å²) in [6, 6.07) is 0.855. The van der Waals surface area contributed by atoms with E-state index in [1.807, 2.05) is 0 Å². The number of nitrogens with zero attached hydrogens (tertiary/aromatic N) is 3. The van der Waals surface area contributed by atoms with Gasteiger partial charge in [0.25, 0.3) is 0 Å². The van der Waals surface area contributed by atoms with Gasteiger partial charge in [-0.3, -0.25) is 5.01 Å². The van der Waals surface area contributed by atoms with Crippen molar-refractivity contribution >= 4 is 17.8 Å². The van der Waals surface area contributed by atoms with Gasteiger partial charge in [-0.1, -0.05) is 65.5 Å². The predicted octanol–water partition coefficient (Wildman–Crippen LogP) is 2.97. The minimum Gasteiger partial charge on any atom is -0.412 e. The van der Waals surface area contributed by atoms with Crippen LogP contribution in [-0.2, 0) is 0 Å². The Morgan fingerprint density at radius 2 is 1.91 bits per heavy atom. The minimum absolute atomic E-state index is 0. The Labute approximate surface area is 217 Å². The molecule has 0 aromatic rings. The fraction of sp³-hybridized carbons (Fsp3) is 0.667. The van der Waals surface area contributed by atoms with Gasteiger partial charge in [0.05, 0.1) is 11.4 Å². The van der Waals surface area contributed by atoms with Crippen molar-refractivity contribution in [3.8, 4) is 0 Å². The molecule has 7 nitrogen and oxygen atoms in total. The molecular formula is C27H49ClN4O3. The molecule has 0 saturated carbocycles. The first-order chi connectivity index (χ1) is 14.8. The molecule has 5 atom stereocenters. The lowest BCUT2D eigenvalue weighted by atomic mass is 9.69. The Balaban J connectivity index is 0.00000289. The van der Waals surface area contributed by atoms with Crippen LogP contribution in [0.5, 0.6) is 0 Å². The van der Waals surface area contributed by atoms with E-state index in [2.05, 4.69) is 96.9 Å². The topological polar surface area (TPSA) is 125 Å². The number of fused-ring (bicyclic) bond motifs is 1. The van der Waals surface area contributed by atoms with Crippen LogP contribution < -0.4 is 5.32 Å². The molecule has 8 heteroatoms. The highest BCUT2D eigenvalue weighted by atomic mass is 35.5. The Morgan fingerprint density at radius 3 is 2.54 bits per heavy atom. The molecule has 3 unspecified atom stereocenters. The van der Waals surface area contributed by atoms with Gasteiger partial charge in [-0.2, -0.15) is 5.10 Å². The lowest BCUT2D eigenvalue weighted by molar-refractivity contribution is 0.0628. The van der Waals surface area contributed by atoms with Crippen LogP contribution in [0.2, 0.25) is 0 Å². The standard InChI is InChI=1S/C26H39ClN4.CH4.3H2O/c1-19(2)24(28-15-21-16-29-31-13-6-5-7-25(21)31)17-30-14-12-23(26(3,4)18-30)20-8-10-22(27)11-9-20;;;;/h5-10,13,16,19,21-25,28H,11-12,14-15,17-18H2,1-4H3;1H4;3*1H2/t21?,22?,23-,24+,25?;;;;/m1..../s1. The van der Waals surface area contributed by atoms with E-state index < -0.39 is 0 Å². The van der Waals surface area contributed by atoms with E-state index in [1.165, 1.54) is 18.5 Å². The van der Waals surface area contributed by atoms with E-state index in [4.69, 9.17) is 11.6 Å². The van der Waals surface area contributed by atoms with Gasteiger partial charge < -0.3 is 26.6 Å². The van der Waals surface area contributed by atoms with Gasteiger partial charge in [-0.15, -0.1) is 11.6 Å². The van der Waals surface area contributed by atoms with Crippen LogP contribution in [0.1, 0.15) is 48.0 Å². The molecule has 202 valence electrons. The quantitative estimate of drug-likeness (QED) is 0.527. The van der Waals surface area contributed by atoms with Crippen molar-refractivity contribution in [2.75, 3.05) is 26.2 Å². The summed E-state index contributed by atoms with van der Waals surface area (Å²) in [7, 11) is 0. The molecule has 4 rings (SSSR count). The fourth-order valence-corrected chi connectivity index (χ4v) is 5.73. The zero-order valence-electron chi connectivity index (χ0n) is 21.0. The van der Waals surface area contributed by atoms with E-state index >= 15 is 0 Å². The second-order valence-electron chi connectivity index (χ2n) is 10.7. The molecule has 1 aliphatic carbocycles. The number of allylic oxidation sites excluding steroid dienone is 6. The molecule has 0 amide bonds. The van der Waals surface area contributed by atoms with E-state index in [9.17, 15) is 0 Å². The van der Waals surface area contributed by atoms with Crippen LogP contribution in [0.25, 0.3) is 0 Å². The maximum absolute atomic E-state index is 6.25. The molecule has 1 fully saturated rings. The third-order valence-electron chi connectivity index (χ3n) is 7.46. The lowest BCUT2D eigenvalue weighted by Crippen LogP contribution is -2.52. The lowest BCUT2D eigenvalue weighted by Gasteiger charge is -2.46. The average molecular weight is 513 g/mol. The summed E-state index contributed by atoms with van der Waals surface area (Å²) in [5, 5.41) is 10.7. The van der Waals surface area contributed by atoms with Crippen LogP contribution in [-0.4, -0.2) is 76.2 Å². The van der Waals surface area contributed by atoms with Gasteiger partial charge >= 0.3 is 0 Å². The second-order valence-corrected chi connectivity index (χ2v) is 11.2. The first-order valence-electron chi connectivity index (χ1n) is 12.0. The number of hydrogen-bond donors (Lipinski definition) is 1. The van der Waals surface area contributed by atoms with Gasteiger partial charge in [0.2, 0.25) is 0 Å². The number of rotatable bonds is 7. The number of hydrazone groups is 1. The molecule has 4 aliphatic rings. The molecule has 0 aromatic carbocycles. The monoisotopic (exact) mass is 512 g/mol. The second kappa shape index (κ2) is 14.3. The summed E-state index contributed by atoms with van der Waals surface area (Å²) in [4.78, 5) is 2.68. The van der Waals surface area contributed by atoms with Crippen molar-refractivity contribution in [3.05, 3.63) is 48.2 Å². The zero-order chi connectivity index (χ0) is 22.0. The van der Waals surface area contributed by atoms with Crippen molar-refractivity contribution < 1.29 is 16.4 Å². The molecule has 3 aliphatic heterocycles. The van der Waals surface area contributed by atoms with E-state index in [0.717, 1.165) is 26.1 Å². The van der Waals surface area contributed by atoms with E-state index in [-0.39, 0.29) is 34.6 Å². The first kappa shape index (κ1) is 33.5. The summed E-state index contributed by atoms with van der Waals surface area (Å²) >= 11 is 6.25. The number of likely N-dealkylation sites (tertiary alicyclic amines) is 1. The molecule has 3 heterocycles. The number of nitrogens with one attached hydrogen (secondary N) is 1. The normalized spacial score (nSPS) is 29.3. The summed E-state index contributed by atoms with van der Waals surface area (Å²) in [5.74, 6) is 1.66. The summed E-state index contributed by atoms with van der Waals surface area (Å²) in [6.45, 7) is 14.0. The number of piperidine rings is 1. The SMILES string of the molecule is C.CC(C)[C@H](CN1CC[C@H](C2=CCC(Cl)C=C2)C(C)(C)C1)NCC1C=NN2C=CC=CC12.O.O.O. The van der Waals surface area contributed by atoms with Gasteiger partial charge in [0, 0.05) is 44.0 Å². The van der Waals surface area contributed by atoms with Crippen molar-refractivity contribution in [1.29, 1.82) is 0 Å². The molecule has 0 spiro atoms. The average Bonchev–Trinajstić information content (AvgIpc) is 3.14. The Morgan fingerprint density at radius 1 is 1.17 bits per heavy atom. The van der Waals surface area contributed by atoms with Crippen molar-refractivity contribution in [1.82, 2.24) is 15.2 Å². The largest absolute Gasteiger partial charge is 0.412 e. The van der Waals surface area contributed by atoms with E-state index in [1.54, 1.807) is 0 Å². The minimum atomic E-state index is 0. The third kappa shape index (κ3) is 8.00. The van der Waals surface area contributed by atoms with Crippen molar-refractivity contribution in [2.24, 2.45) is 28.3 Å². The van der Waals surface area contributed by atoms with Crippen molar-refractivity contribution in [3.63, 3.8) is 0 Å². The third-order valence-corrected chi connectivity index (χ3v) is 7.78. The van der Waals surface area contributed by atoms with Crippen LogP contribution in [0.4, 0.5) is 0 Å². The van der Waals surface area contributed by atoms with Crippen LogP contribution in [0.3, 0.4) is 0 Å². The number of hydrogen-bond acceptors (Lipinski definition) is 4. The first-order valence-corrected chi connectivity index (χ1v) is 12.4. The highest BCUT2D eigenvalue weighted by Gasteiger charge is 2.38. The smallest absolute Gasteiger partial charge is 0.0792 e. The summed E-state index contributed by atoms with van der Waals surface area (Å²) in [6.07, 6.45) is 19.7. The van der Waals surface area contributed by atoms with Crippen LogP contribution in [0.15, 0.2) is 53.3 Å². The van der Waals surface area contributed by atoms with Crippen LogP contribution >= 0.6 is 11.6 Å².